The smallest absolute Gasteiger partial charge is 0.120 e. The van der Waals surface area contributed by atoms with Crippen LogP contribution < -0.4 is 5.32 Å². The van der Waals surface area contributed by atoms with Gasteiger partial charge >= 0.3 is 0 Å². The highest BCUT2D eigenvalue weighted by Crippen LogP contribution is 2.39. The summed E-state index contributed by atoms with van der Waals surface area (Å²) in [7, 11) is 0. The van der Waals surface area contributed by atoms with Crippen LogP contribution in [0, 0.1) is 11.3 Å². The quantitative estimate of drug-likeness (QED) is 0.851. The monoisotopic (exact) mass is 235 g/mol. The first-order valence-electron chi connectivity index (χ1n) is 6.76. The lowest BCUT2D eigenvalue weighted by Gasteiger charge is -2.40. The Kier molecular flexibility index (Phi) is 3.62. The predicted octanol–water partition coefficient (Wildman–Crippen LogP) is 4.15. The number of furan rings is 1. The van der Waals surface area contributed by atoms with Crippen LogP contribution in [0.2, 0.25) is 0 Å². The molecule has 3 atom stereocenters. The Morgan fingerprint density at radius 1 is 1.41 bits per heavy atom. The van der Waals surface area contributed by atoms with Crippen molar-refractivity contribution in [2.24, 2.45) is 11.3 Å². The van der Waals surface area contributed by atoms with Gasteiger partial charge in [0, 0.05) is 6.04 Å². The first kappa shape index (κ1) is 12.7. The maximum atomic E-state index is 5.45. The molecule has 2 unspecified atom stereocenters. The summed E-state index contributed by atoms with van der Waals surface area (Å²) in [5.74, 6) is 1.86. The molecule has 0 spiro atoms. The van der Waals surface area contributed by atoms with Crippen LogP contribution in [0.15, 0.2) is 22.8 Å². The summed E-state index contributed by atoms with van der Waals surface area (Å²) >= 11 is 0. The molecule has 0 bridgehead atoms. The zero-order chi connectivity index (χ0) is 12.5. The molecular formula is C15H25NO. The largest absolute Gasteiger partial charge is 0.468 e. The van der Waals surface area contributed by atoms with Crippen molar-refractivity contribution in [1.29, 1.82) is 0 Å². The summed E-state index contributed by atoms with van der Waals surface area (Å²) in [5.41, 5.74) is 0.470. The highest BCUT2D eigenvalue weighted by molar-refractivity contribution is 5.04. The third kappa shape index (κ3) is 3.35. The van der Waals surface area contributed by atoms with Gasteiger partial charge in [0.05, 0.1) is 12.3 Å². The van der Waals surface area contributed by atoms with Crippen LogP contribution in [-0.2, 0) is 0 Å². The number of rotatable bonds is 3. The fourth-order valence-electron chi connectivity index (χ4n) is 3.45. The van der Waals surface area contributed by atoms with Crippen LogP contribution in [0.4, 0.5) is 0 Å². The van der Waals surface area contributed by atoms with E-state index in [1.807, 2.05) is 6.07 Å². The SMILES string of the molecule is CC1CC(N[C@H](C)c2ccco2)CC(C)(C)C1. The second kappa shape index (κ2) is 4.85. The number of nitrogens with one attached hydrogen (secondary N) is 1. The van der Waals surface area contributed by atoms with Crippen molar-refractivity contribution in [3.63, 3.8) is 0 Å². The molecule has 96 valence electrons. The average Bonchev–Trinajstić information content (AvgIpc) is 2.65. The molecule has 0 amide bonds. The fraction of sp³-hybridized carbons (Fsp3) is 0.733. The average molecular weight is 235 g/mol. The molecule has 17 heavy (non-hydrogen) atoms. The number of hydrogen-bond acceptors (Lipinski definition) is 2. The molecule has 1 aromatic heterocycles. The molecule has 0 aromatic carbocycles. The molecule has 0 aliphatic heterocycles. The zero-order valence-corrected chi connectivity index (χ0v) is 11.5. The van der Waals surface area contributed by atoms with Crippen molar-refractivity contribution in [3.8, 4) is 0 Å². The lowest BCUT2D eigenvalue weighted by atomic mass is 9.70. The minimum atomic E-state index is 0.316. The van der Waals surface area contributed by atoms with Gasteiger partial charge in [-0.2, -0.15) is 0 Å². The molecule has 1 aliphatic rings. The van der Waals surface area contributed by atoms with Gasteiger partial charge in [0.2, 0.25) is 0 Å². The summed E-state index contributed by atoms with van der Waals surface area (Å²) in [4.78, 5) is 0. The first-order chi connectivity index (χ1) is 7.96. The number of hydrogen-bond donors (Lipinski definition) is 1. The zero-order valence-electron chi connectivity index (χ0n) is 11.5. The fourth-order valence-corrected chi connectivity index (χ4v) is 3.45. The Labute approximate surface area is 105 Å². The standard InChI is InChI=1S/C15H25NO/c1-11-8-13(10-15(3,4)9-11)16-12(2)14-6-5-7-17-14/h5-7,11-13,16H,8-10H2,1-4H3/t11?,12-,13?/m1/s1. The molecule has 0 saturated heterocycles. The first-order valence-corrected chi connectivity index (χ1v) is 6.76. The topological polar surface area (TPSA) is 25.2 Å². The van der Waals surface area contributed by atoms with Gasteiger partial charge in [0.25, 0.3) is 0 Å². The van der Waals surface area contributed by atoms with Crippen LogP contribution >= 0.6 is 0 Å². The van der Waals surface area contributed by atoms with Gasteiger partial charge in [-0.25, -0.2) is 0 Å². The maximum absolute atomic E-state index is 5.45. The lowest BCUT2D eigenvalue weighted by Crippen LogP contribution is -2.41. The Balaban J connectivity index is 1.94. The van der Waals surface area contributed by atoms with Gasteiger partial charge in [0.1, 0.15) is 5.76 Å². The van der Waals surface area contributed by atoms with E-state index in [1.54, 1.807) is 6.26 Å². The molecule has 1 N–H and O–H groups in total. The molecule has 0 radical (unpaired) electrons. The molecule has 1 aromatic rings. The van der Waals surface area contributed by atoms with Crippen LogP contribution in [0.25, 0.3) is 0 Å². The molecule has 2 rings (SSSR count). The minimum Gasteiger partial charge on any atom is -0.468 e. The summed E-state index contributed by atoms with van der Waals surface area (Å²) in [6, 6.07) is 4.95. The third-order valence-electron chi connectivity index (χ3n) is 3.84. The van der Waals surface area contributed by atoms with E-state index in [-0.39, 0.29) is 0 Å². The summed E-state index contributed by atoms with van der Waals surface area (Å²) in [5, 5.41) is 3.71. The second-order valence-corrected chi connectivity index (χ2v) is 6.51. The van der Waals surface area contributed by atoms with Gasteiger partial charge in [-0.05, 0) is 49.7 Å². The predicted molar refractivity (Wildman–Crippen MR) is 70.8 cm³/mol. The summed E-state index contributed by atoms with van der Waals surface area (Å²) in [6.45, 7) is 9.32. The Morgan fingerprint density at radius 3 is 2.76 bits per heavy atom. The molecule has 2 nitrogen and oxygen atoms in total. The van der Waals surface area contributed by atoms with E-state index in [0.717, 1.165) is 11.7 Å². The summed E-state index contributed by atoms with van der Waals surface area (Å²) < 4.78 is 5.45. The van der Waals surface area contributed by atoms with E-state index in [0.29, 0.717) is 17.5 Å². The van der Waals surface area contributed by atoms with Crippen molar-refractivity contribution in [3.05, 3.63) is 24.2 Å². The van der Waals surface area contributed by atoms with Crippen molar-refractivity contribution >= 4 is 0 Å². The third-order valence-corrected chi connectivity index (χ3v) is 3.84. The summed E-state index contributed by atoms with van der Waals surface area (Å²) in [6.07, 6.45) is 5.65. The van der Waals surface area contributed by atoms with Crippen LogP contribution in [0.5, 0.6) is 0 Å². The van der Waals surface area contributed by atoms with E-state index in [9.17, 15) is 0 Å². The second-order valence-electron chi connectivity index (χ2n) is 6.51. The molecule has 1 heterocycles. The van der Waals surface area contributed by atoms with Crippen molar-refractivity contribution in [2.75, 3.05) is 0 Å². The van der Waals surface area contributed by atoms with Gasteiger partial charge in [-0.15, -0.1) is 0 Å². The van der Waals surface area contributed by atoms with Gasteiger partial charge in [0.15, 0.2) is 0 Å². The molecular weight excluding hydrogens is 210 g/mol. The van der Waals surface area contributed by atoms with Crippen molar-refractivity contribution < 1.29 is 4.42 Å². The Morgan fingerprint density at radius 2 is 2.18 bits per heavy atom. The lowest BCUT2D eigenvalue weighted by molar-refractivity contribution is 0.143. The van der Waals surface area contributed by atoms with Gasteiger partial charge in [-0.1, -0.05) is 20.8 Å². The van der Waals surface area contributed by atoms with E-state index >= 15 is 0 Å². The van der Waals surface area contributed by atoms with Crippen molar-refractivity contribution in [1.82, 2.24) is 5.32 Å². The van der Waals surface area contributed by atoms with Crippen LogP contribution in [0.1, 0.15) is 58.8 Å². The maximum Gasteiger partial charge on any atom is 0.120 e. The minimum absolute atomic E-state index is 0.316. The van der Waals surface area contributed by atoms with E-state index in [1.165, 1.54) is 19.3 Å². The van der Waals surface area contributed by atoms with Crippen LogP contribution in [-0.4, -0.2) is 6.04 Å². The highest BCUT2D eigenvalue weighted by atomic mass is 16.3. The molecule has 1 saturated carbocycles. The van der Waals surface area contributed by atoms with Gasteiger partial charge < -0.3 is 9.73 Å². The van der Waals surface area contributed by atoms with Crippen LogP contribution in [0.3, 0.4) is 0 Å². The highest BCUT2D eigenvalue weighted by Gasteiger charge is 2.32. The van der Waals surface area contributed by atoms with E-state index < -0.39 is 0 Å². The molecule has 1 aliphatic carbocycles. The van der Waals surface area contributed by atoms with Crippen molar-refractivity contribution in [2.45, 2.75) is 59.0 Å². The normalized spacial score (nSPS) is 30.1. The molecule has 2 heteroatoms. The molecule has 1 fully saturated rings. The Bertz CT molecular complexity index is 342. The van der Waals surface area contributed by atoms with Gasteiger partial charge in [-0.3, -0.25) is 0 Å². The van der Waals surface area contributed by atoms with E-state index in [2.05, 4.69) is 39.1 Å². The van der Waals surface area contributed by atoms with E-state index in [4.69, 9.17) is 4.42 Å². The Hall–Kier alpha value is -0.760.